The molecule has 0 radical (unpaired) electrons. The van der Waals surface area contributed by atoms with E-state index in [-0.39, 0.29) is 6.10 Å². The SMILES string of the molecule is COc1cc2[nH]nc(-c3ccc(N4CCN5C[C@H](O)C[C@H]5C4)nc3)c2nc1-c1cccc(C)c1C. The summed E-state index contributed by atoms with van der Waals surface area (Å²) in [6.45, 7) is 7.79. The van der Waals surface area contributed by atoms with E-state index in [1.54, 1.807) is 7.11 Å². The highest BCUT2D eigenvalue weighted by molar-refractivity contribution is 5.93. The molecule has 0 saturated carbocycles. The number of nitrogens with one attached hydrogen (secondary N) is 1. The van der Waals surface area contributed by atoms with E-state index in [4.69, 9.17) is 14.7 Å². The Bertz CT molecular complexity index is 1380. The van der Waals surface area contributed by atoms with Crippen LogP contribution in [0.3, 0.4) is 0 Å². The number of anilines is 1. The summed E-state index contributed by atoms with van der Waals surface area (Å²) < 4.78 is 5.69. The number of ether oxygens (including phenoxy) is 1. The van der Waals surface area contributed by atoms with Gasteiger partial charge in [0.2, 0.25) is 0 Å². The van der Waals surface area contributed by atoms with Crippen molar-refractivity contribution in [3.63, 3.8) is 0 Å². The van der Waals surface area contributed by atoms with Gasteiger partial charge in [-0.3, -0.25) is 10.00 Å². The number of aromatic amines is 1. The molecule has 0 unspecified atom stereocenters. The molecule has 5 heterocycles. The number of hydrogen-bond donors (Lipinski definition) is 2. The van der Waals surface area contributed by atoms with Crippen LogP contribution in [0.5, 0.6) is 5.75 Å². The fourth-order valence-electron chi connectivity index (χ4n) is 5.42. The number of aryl methyl sites for hydroxylation is 1. The van der Waals surface area contributed by atoms with Crippen molar-refractivity contribution in [2.24, 2.45) is 0 Å². The van der Waals surface area contributed by atoms with Crippen LogP contribution in [0.4, 0.5) is 5.82 Å². The predicted molar refractivity (Wildman–Crippen MR) is 137 cm³/mol. The lowest BCUT2D eigenvalue weighted by Crippen LogP contribution is -2.50. The van der Waals surface area contributed by atoms with Gasteiger partial charge in [-0.1, -0.05) is 18.2 Å². The Morgan fingerprint density at radius 1 is 1.09 bits per heavy atom. The topological polar surface area (TPSA) is 90.4 Å². The maximum absolute atomic E-state index is 10.00. The molecule has 8 heteroatoms. The van der Waals surface area contributed by atoms with Gasteiger partial charge < -0.3 is 14.7 Å². The number of methoxy groups -OCH3 is 1. The molecule has 2 atom stereocenters. The zero-order valence-electron chi connectivity index (χ0n) is 20.3. The summed E-state index contributed by atoms with van der Waals surface area (Å²) in [6.07, 6.45) is 2.51. The Morgan fingerprint density at radius 2 is 1.97 bits per heavy atom. The molecule has 2 fully saturated rings. The number of rotatable bonds is 4. The van der Waals surface area contributed by atoms with E-state index >= 15 is 0 Å². The zero-order valence-corrected chi connectivity index (χ0v) is 20.3. The number of H-pyrrole nitrogens is 1. The van der Waals surface area contributed by atoms with Crippen molar-refractivity contribution in [3.8, 4) is 28.3 Å². The van der Waals surface area contributed by atoms with Gasteiger partial charge >= 0.3 is 0 Å². The fourth-order valence-corrected chi connectivity index (χ4v) is 5.42. The van der Waals surface area contributed by atoms with Gasteiger partial charge in [-0.25, -0.2) is 9.97 Å². The summed E-state index contributed by atoms with van der Waals surface area (Å²) in [4.78, 5) is 14.5. The number of aliphatic hydroxyl groups excluding tert-OH is 1. The van der Waals surface area contributed by atoms with Crippen LogP contribution in [-0.4, -0.2) is 75.6 Å². The average molecular weight is 471 g/mol. The molecular weight excluding hydrogens is 440 g/mol. The number of benzene rings is 1. The van der Waals surface area contributed by atoms with Gasteiger partial charge in [0, 0.05) is 55.6 Å². The first-order valence-electron chi connectivity index (χ1n) is 12.1. The first kappa shape index (κ1) is 22.0. The highest BCUT2D eigenvalue weighted by Crippen LogP contribution is 2.36. The lowest BCUT2D eigenvalue weighted by molar-refractivity contribution is 0.173. The molecule has 180 valence electrons. The largest absolute Gasteiger partial charge is 0.494 e. The monoisotopic (exact) mass is 470 g/mol. The normalized spacial score (nSPS) is 20.4. The van der Waals surface area contributed by atoms with E-state index in [1.165, 1.54) is 11.1 Å². The summed E-state index contributed by atoms with van der Waals surface area (Å²) in [5, 5.41) is 17.7. The summed E-state index contributed by atoms with van der Waals surface area (Å²) >= 11 is 0. The molecule has 0 aliphatic carbocycles. The number of aliphatic hydroxyl groups is 1. The first-order chi connectivity index (χ1) is 17.0. The van der Waals surface area contributed by atoms with E-state index in [9.17, 15) is 5.11 Å². The molecule has 2 saturated heterocycles. The molecule has 35 heavy (non-hydrogen) atoms. The van der Waals surface area contributed by atoms with Gasteiger partial charge in [-0.15, -0.1) is 0 Å². The fraction of sp³-hybridized carbons (Fsp3) is 0.370. The summed E-state index contributed by atoms with van der Waals surface area (Å²) in [7, 11) is 1.67. The van der Waals surface area contributed by atoms with E-state index in [2.05, 4.69) is 58.1 Å². The Morgan fingerprint density at radius 3 is 2.77 bits per heavy atom. The predicted octanol–water partition coefficient (Wildman–Crippen LogP) is 3.57. The van der Waals surface area contributed by atoms with Crippen molar-refractivity contribution >= 4 is 16.9 Å². The van der Waals surface area contributed by atoms with Crippen LogP contribution < -0.4 is 9.64 Å². The molecule has 2 N–H and O–H groups in total. The number of pyridine rings is 2. The minimum Gasteiger partial charge on any atom is -0.494 e. The standard InChI is InChI=1S/C27H30N6O2/c1-16-5-4-6-21(17(16)2)26-23(35-3)12-22-27(29-26)25(31-30-22)18-7-8-24(28-13-18)33-10-9-32-15-20(34)11-19(32)14-33/h4-8,12-13,19-20,34H,9-11,14-15H2,1-3H3,(H,30,31)/t19-,20+/m0/s1. The molecule has 1 aromatic carbocycles. The highest BCUT2D eigenvalue weighted by Gasteiger charge is 2.35. The minimum atomic E-state index is -0.206. The van der Waals surface area contributed by atoms with E-state index in [0.717, 1.165) is 72.0 Å². The number of piperazine rings is 1. The molecule has 0 spiro atoms. The van der Waals surface area contributed by atoms with E-state index < -0.39 is 0 Å². The van der Waals surface area contributed by atoms with Gasteiger partial charge in [0.05, 0.1) is 18.7 Å². The van der Waals surface area contributed by atoms with Crippen molar-refractivity contribution in [2.45, 2.75) is 32.4 Å². The van der Waals surface area contributed by atoms with Crippen LogP contribution in [0, 0.1) is 13.8 Å². The molecule has 8 nitrogen and oxygen atoms in total. The zero-order chi connectivity index (χ0) is 24.1. The molecule has 0 amide bonds. The van der Waals surface area contributed by atoms with Gasteiger partial charge in [0.15, 0.2) is 0 Å². The van der Waals surface area contributed by atoms with Crippen molar-refractivity contribution < 1.29 is 9.84 Å². The van der Waals surface area contributed by atoms with Crippen LogP contribution in [0.1, 0.15) is 17.5 Å². The summed E-state index contributed by atoms with van der Waals surface area (Å²) in [6, 6.07) is 12.7. The molecule has 0 bridgehead atoms. The average Bonchev–Trinajstić information content (AvgIpc) is 3.46. The van der Waals surface area contributed by atoms with Crippen LogP contribution >= 0.6 is 0 Å². The Kier molecular flexibility index (Phi) is 5.42. The Balaban J connectivity index is 1.33. The van der Waals surface area contributed by atoms with Gasteiger partial charge in [0.25, 0.3) is 0 Å². The second-order valence-corrected chi connectivity index (χ2v) is 9.64. The third-order valence-electron chi connectivity index (χ3n) is 7.52. The third-order valence-corrected chi connectivity index (χ3v) is 7.52. The number of aromatic nitrogens is 4. The third kappa shape index (κ3) is 3.83. The number of hydrogen-bond acceptors (Lipinski definition) is 7. The molecule has 4 aromatic rings. The van der Waals surface area contributed by atoms with Crippen molar-refractivity contribution in [2.75, 3.05) is 38.2 Å². The van der Waals surface area contributed by atoms with Gasteiger partial charge in [-0.2, -0.15) is 5.10 Å². The van der Waals surface area contributed by atoms with E-state index in [0.29, 0.717) is 11.8 Å². The van der Waals surface area contributed by atoms with Crippen LogP contribution in [0.25, 0.3) is 33.5 Å². The lowest BCUT2D eigenvalue weighted by Gasteiger charge is -2.37. The molecule has 2 aliphatic rings. The number of fused-ring (bicyclic) bond motifs is 2. The quantitative estimate of drug-likeness (QED) is 0.471. The second kappa shape index (κ2) is 8.62. The second-order valence-electron chi connectivity index (χ2n) is 9.64. The Hall–Kier alpha value is -3.49. The summed E-state index contributed by atoms with van der Waals surface area (Å²) in [5.74, 6) is 1.67. The first-order valence-corrected chi connectivity index (χ1v) is 12.1. The highest BCUT2D eigenvalue weighted by atomic mass is 16.5. The van der Waals surface area contributed by atoms with Crippen molar-refractivity contribution in [1.29, 1.82) is 0 Å². The van der Waals surface area contributed by atoms with Crippen LogP contribution in [-0.2, 0) is 0 Å². The molecular formula is C27H30N6O2. The maximum atomic E-state index is 10.00. The van der Waals surface area contributed by atoms with Gasteiger partial charge in [-0.05, 0) is 43.5 Å². The number of nitrogens with zero attached hydrogens (tertiary/aromatic N) is 5. The minimum absolute atomic E-state index is 0.206. The van der Waals surface area contributed by atoms with Crippen LogP contribution in [0.2, 0.25) is 0 Å². The molecule has 6 rings (SSSR count). The maximum Gasteiger partial charge on any atom is 0.147 e. The Labute approximate surface area is 204 Å². The molecule has 2 aliphatic heterocycles. The van der Waals surface area contributed by atoms with Gasteiger partial charge in [0.1, 0.15) is 28.5 Å². The lowest BCUT2D eigenvalue weighted by atomic mass is 9.99. The van der Waals surface area contributed by atoms with Crippen molar-refractivity contribution in [3.05, 3.63) is 53.7 Å². The van der Waals surface area contributed by atoms with Crippen molar-refractivity contribution in [1.82, 2.24) is 25.1 Å². The van der Waals surface area contributed by atoms with Crippen LogP contribution in [0.15, 0.2) is 42.6 Å². The summed E-state index contributed by atoms with van der Waals surface area (Å²) in [5.41, 5.74) is 7.58. The smallest absolute Gasteiger partial charge is 0.147 e. The van der Waals surface area contributed by atoms with E-state index in [1.807, 2.05) is 18.3 Å². The molecule has 3 aromatic heterocycles.